The van der Waals surface area contributed by atoms with E-state index in [1.54, 1.807) is 0 Å². The molecule has 0 spiro atoms. The van der Waals surface area contributed by atoms with Crippen LogP contribution in [0.25, 0.3) is 33.4 Å². The summed E-state index contributed by atoms with van der Waals surface area (Å²) >= 11 is 0. The van der Waals surface area contributed by atoms with Gasteiger partial charge in [0.25, 0.3) is 0 Å². The smallest absolute Gasteiger partial charge is 0.322 e. The first kappa shape index (κ1) is 30.6. The molecule has 0 radical (unpaired) electrons. The van der Waals surface area contributed by atoms with Crippen LogP contribution in [0.15, 0.2) is 91.0 Å². The highest BCUT2D eigenvalue weighted by Crippen LogP contribution is 2.33. The summed E-state index contributed by atoms with van der Waals surface area (Å²) in [5.41, 5.74) is -1.09. The highest BCUT2D eigenvalue weighted by molar-refractivity contribution is 5.93. The predicted molar refractivity (Wildman–Crippen MR) is 150 cm³/mol. The Morgan fingerprint density at radius 1 is 0.556 bits per heavy atom. The molecule has 0 N–H and O–H groups in total. The van der Waals surface area contributed by atoms with Crippen LogP contribution in [0.2, 0.25) is 0 Å². The molecule has 0 heterocycles. The summed E-state index contributed by atoms with van der Waals surface area (Å²) in [7, 11) is 0. The van der Waals surface area contributed by atoms with Gasteiger partial charge in [-0.3, -0.25) is 9.59 Å². The van der Waals surface area contributed by atoms with Crippen molar-refractivity contribution in [3.05, 3.63) is 131 Å². The van der Waals surface area contributed by atoms with E-state index in [4.69, 9.17) is 14.7 Å². The molecule has 0 bridgehead atoms. The lowest BCUT2D eigenvalue weighted by molar-refractivity contribution is -0.144. The van der Waals surface area contributed by atoms with Gasteiger partial charge in [-0.15, -0.1) is 0 Å². The van der Waals surface area contributed by atoms with Crippen molar-refractivity contribution in [2.24, 2.45) is 0 Å². The minimum atomic E-state index is -1.26. The molecule has 0 amide bonds. The van der Waals surface area contributed by atoms with Gasteiger partial charge in [0.2, 0.25) is 0 Å². The third kappa shape index (κ3) is 6.86. The molecule has 0 aliphatic heterocycles. The normalized spacial score (nSPS) is 10.7. The van der Waals surface area contributed by atoms with Crippen molar-refractivity contribution in [1.29, 1.82) is 5.26 Å². The van der Waals surface area contributed by atoms with Gasteiger partial charge in [0.1, 0.15) is 64.5 Å². The van der Waals surface area contributed by atoms with Crippen LogP contribution in [0.4, 0.5) is 26.3 Å². The SMILES string of the molecule is N#Cc1c(F)cc(-c2c(F)cc(-c3ccc(OC(=O)CC(=O)Oc4ccc(-c5ccc(F)cc5)c(F)c4)cc3)cc2F)cc1F. The molecule has 45 heavy (non-hydrogen) atoms. The van der Waals surface area contributed by atoms with Gasteiger partial charge in [-0.25, -0.2) is 26.3 Å². The van der Waals surface area contributed by atoms with Crippen LogP contribution in [0, 0.1) is 46.2 Å². The van der Waals surface area contributed by atoms with Crippen molar-refractivity contribution in [2.75, 3.05) is 0 Å². The number of hydrogen-bond donors (Lipinski definition) is 0. The highest BCUT2D eigenvalue weighted by Gasteiger charge is 2.20. The number of esters is 2. The van der Waals surface area contributed by atoms with E-state index in [0.29, 0.717) is 23.3 Å². The van der Waals surface area contributed by atoms with Gasteiger partial charge >= 0.3 is 11.9 Å². The zero-order chi connectivity index (χ0) is 32.2. The van der Waals surface area contributed by atoms with E-state index in [-0.39, 0.29) is 22.6 Å². The van der Waals surface area contributed by atoms with Crippen LogP contribution >= 0.6 is 0 Å². The standard InChI is InChI=1S/C34H17F6NO4/c35-22-5-1-19(2-6-22)25-10-9-24(15-29(25)38)45-33(43)16-32(42)44-23-7-3-18(4-8-23)20-11-30(39)34(31(40)12-20)21-13-27(36)26(17-41)28(37)14-21/h1-15H,16H2. The Bertz CT molecular complexity index is 1940. The van der Waals surface area contributed by atoms with Crippen molar-refractivity contribution in [3.63, 3.8) is 0 Å². The number of nitrogens with zero attached hydrogens (tertiary/aromatic N) is 1. The van der Waals surface area contributed by atoms with E-state index in [1.807, 2.05) is 0 Å². The minimum absolute atomic E-state index is 0.00709. The lowest BCUT2D eigenvalue weighted by atomic mass is 9.97. The van der Waals surface area contributed by atoms with Gasteiger partial charge in [0.05, 0.1) is 5.56 Å². The largest absolute Gasteiger partial charge is 0.426 e. The summed E-state index contributed by atoms with van der Waals surface area (Å²) in [6.45, 7) is 0. The number of nitriles is 1. The van der Waals surface area contributed by atoms with Crippen molar-refractivity contribution < 1.29 is 45.4 Å². The second-order valence-electron chi connectivity index (χ2n) is 9.54. The van der Waals surface area contributed by atoms with E-state index < -0.39 is 70.0 Å². The summed E-state index contributed by atoms with van der Waals surface area (Å²) in [6.07, 6.45) is -0.822. The molecule has 5 rings (SSSR count). The maximum atomic E-state index is 14.9. The zero-order valence-corrected chi connectivity index (χ0v) is 22.7. The fourth-order valence-electron chi connectivity index (χ4n) is 4.43. The van der Waals surface area contributed by atoms with Gasteiger partial charge in [-0.05, 0) is 82.9 Å². The number of halogens is 6. The van der Waals surface area contributed by atoms with E-state index >= 15 is 0 Å². The summed E-state index contributed by atoms with van der Waals surface area (Å²) in [4.78, 5) is 24.5. The monoisotopic (exact) mass is 617 g/mol. The molecule has 5 aromatic carbocycles. The van der Waals surface area contributed by atoms with E-state index in [1.165, 1.54) is 66.7 Å². The first-order valence-electron chi connectivity index (χ1n) is 13.0. The highest BCUT2D eigenvalue weighted by atomic mass is 19.2. The molecule has 0 fully saturated rings. The molecular weight excluding hydrogens is 600 g/mol. The molecule has 0 aliphatic rings. The predicted octanol–water partition coefficient (Wildman–Crippen LogP) is 8.29. The summed E-state index contributed by atoms with van der Waals surface area (Å²) in [6, 6.07) is 18.6. The summed E-state index contributed by atoms with van der Waals surface area (Å²) in [5, 5.41) is 8.80. The number of benzene rings is 5. The minimum Gasteiger partial charge on any atom is -0.426 e. The number of carbonyl (C=O) groups is 2. The second kappa shape index (κ2) is 12.8. The van der Waals surface area contributed by atoms with Gasteiger partial charge in [0, 0.05) is 11.6 Å². The van der Waals surface area contributed by atoms with Gasteiger partial charge < -0.3 is 9.47 Å². The third-order valence-corrected chi connectivity index (χ3v) is 6.52. The van der Waals surface area contributed by atoms with Crippen molar-refractivity contribution in [3.8, 4) is 50.9 Å². The van der Waals surface area contributed by atoms with Crippen molar-refractivity contribution in [1.82, 2.24) is 0 Å². The van der Waals surface area contributed by atoms with Crippen LogP contribution in [-0.4, -0.2) is 11.9 Å². The van der Waals surface area contributed by atoms with Gasteiger partial charge in [-0.1, -0.05) is 24.3 Å². The Morgan fingerprint density at radius 3 is 1.62 bits per heavy atom. The Labute approximate surface area is 251 Å². The van der Waals surface area contributed by atoms with Crippen LogP contribution < -0.4 is 9.47 Å². The fraction of sp³-hybridized carbons (Fsp3) is 0.0294. The third-order valence-electron chi connectivity index (χ3n) is 6.52. The molecule has 5 nitrogen and oxygen atoms in total. The Kier molecular flexibility index (Phi) is 8.67. The number of ether oxygens (including phenoxy) is 2. The molecular formula is C34H17F6NO4. The first-order valence-corrected chi connectivity index (χ1v) is 13.0. The average molecular weight is 618 g/mol. The van der Waals surface area contributed by atoms with Crippen LogP contribution in [0.1, 0.15) is 12.0 Å². The maximum Gasteiger partial charge on any atom is 0.322 e. The lowest BCUT2D eigenvalue weighted by Crippen LogP contribution is -2.18. The van der Waals surface area contributed by atoms with Gasteiger partial charge in [-0.2, -0.15) is 5.26 Å². The number of carbonyl (C=O) groups excluding carboxylic acids is 2. The molecule has 0 saturated heterocycles. The molecule has 0 unspecified atom stereocenters. The van der Waals surface area contributed by atoms with E-state index in [9.17, 15) is 35.9 Å². The molecule has 0 saturated carbocycles. The molecule has 11 heteroatoms. The topological polar surface area (TPSA) is 76.4 Å². The van der Waals surface area contributed by atoms with Crippen molar-refractivity contribution >= 4 is 11.9 Å². The number of rotatable bonds is 7. The van der Waals surface area contributed by atoms with E-state index in [2.05, 4.69) is 0 Å². The Morgan fingerprint density at radius 2 is 1.07 bits per heavy atom. The quantitative estimate of drug-likeness (QED) is 0.0795. The lowest BCUT2D eigenvalue weighted by Gasteiger charge is -2.11. The van der Waals surface area contributed by atoms with Crippen LogP contribution in [-0.2, 0) is 9.59 Å². The van der Waals surface area contributed by atoms with Crippen LogP contribution in [0.3, 0.4) is 0 Å². The Balaban J connectivity index is 1.21. The zero-order valence-electron chi connectivity index (χ0n) is 22.7. The van der Waals surface area contributed by atoms with Gasteiger partial charge in [0.15, 0.2) is 0 Å². The van der Waals surface area contributed by atoms with E-state index in [0.717, 1.165) is 18.2 Å². The van der Waals surface area contributed by atoms with Crippen molar-refractivity contribution in [2.45, 2.75) is 6.42 Å². The maximum absolute atomic E-state index is 14.9. The molecule has 0 atom stereocenters. The first-order chi connectivity index (χ1) is 21.5. The Hall–Kier alpha value is -5.89. The second-order valence-corrected chi connectivity index (χ2v) is 9.54. The average Bonchev–Trinajstić information content (AvgIpc) is 2.97. The molecule has 0 aliphatic carbocycles. The summed E-state index contributed by atoms with van der Waals surface area (Å²) in [5.74, 6) is -8.18. The summed E-state index contributed by atoms with van der Waals surface area (Å²) < 4.78 is 95.6. The fourth-order valence-corrected chi connectivity index (χ4v) is 4.43. The van der Waals surface area contributed by atoms with Crippen LogP contribution in [0.5, 0.6) is 11.5 Å². The molecule has 224 valence electrons. The molecule has 0 aromatic heterocycles. The molecule has 5 aromatic rings. The number of hydrogen-bond acceptors (Lipinski definition) is 5.